The molecule has 2 unspecified atom stereocenters. The normalized spacial score (nSPS) is 33.8. The lowest BCUT2D eigenvalue weighted by atomic mass is 10.1. The first kappa shape index (κ1) is 9.67. The van der Waals surface area contributed by atoms with E-state index < -0.39 is 0 Å². The van der Waals surface area contributed by atoms with Gasteiger partial charge in [0.1, 0.15) is 4.33 Å². The molecule has 0 aromatic rings. The van der Waals surface area contributed by atoms with Crippen molar-refractivity contribution in [3.8, 4) is 0 Å². The standard InChI is InChI=1S/C9H16Cl2/c1-3-5-6-8-7(4-2)9(8,10)11/h7-8H,3-6H2,1-2H3. The molecule has 1 aliphatic rings. The summed E-state index contributed by atoms with van der Waals surface area (Å²) in [6, 6.07) is 0. The van der Waals surface area contributed by atoms with Gasteiger partial charge in [0.2, 0.25) is 0 Å². The third-order valence-electron chi connectivity index (χ3n) is 2.67. The number of rotatable bonds is 4. The van der Waals surface area contributed by atoms with Crippen molar-refractivity contribution in [1.82, 2.24) is 0 Å². The van der Waals surface area contributed by atoms with Gasteiger partial charge in [-0.3, -0.25) is 0 Å². The summed E-state index contributed by atoms with van der Waals surface area (Å²) in [5.41, 5.74) is 0. The first-order chi connectivity index (χ1) is 5.14. The monoisotopic (exact) mass is 194 g/mol. The molecule has 0 N–H and O–H groups in total. The Balaban J connectivity index is 2.28. The average Bonchev–Trinajstić information content (AvgIpc) is 2.48. The fourth-order valence-electron chi connectivity index (χ4n) is 1.83. The summed E-state index contributed by atoms with van der Waals surface area (Å²) in [6.45, 7) is 4.36. The zero-order chi connectivity index (χ0) is 8.48. The van der Waals surface area contributed by atoms with E-state index in [0.717, 1.165) is 6.42 Å². The van der Waals surface area contributed by atoms with Crippen LogP contribution >= 0.6 is 23.2 Å². The van der Waals surface area contributed by atoms with Crippen LogP contribution in [0.5, 0.6) is 0 Å². The Morgan fingerprint density at radius 2 is 1.82 bits per heavy atom. The van der Waals surface area contributed by atoms with Crippen molar-refractivity contribution in [2.75, 3.05) is 0 Å². The van der Waals surface area contributed by atoms with E-state index in [0.29, 0.717) is 11.8 Å². The van der Waals surface area contributed by atoms with Crippen LogP contribution in [0.2, 0.25) is 0 Å². The number of alkyl halides is 2. The minimum absolute atomic E-state index is 0.371. The second kappa shape index (κ2) is 3.53. The van der Waals surface area contributed by atoms with E-state index in [1.165, 1.54) is 19.3 Å². The van der Waals surface area contributed by atoms with Crippen LogP contribution in [0.4, 0.5) is 0 Å². The van der Waals surface area contributed by atoms with Crippen molar-refractivity contribution in [2.24, 2.45) is 11.8 Å². The molecular weight excluding hydrogens is 179 g/mol. The van der Waals surface area contributed by atoms with Gasteiger partial charge in [-0.2, -0.15) is 0 Å². The van der Waals surface area contributed by atoms with Crippen LogP contribution in [0, 0.1) is 11.8 Å². The van der Waals surface area contributed by atoms with Gasteiger partial charge < -0.3 is 0 Å². The minimum Gasteiger partial charge on any atom is -0.101 e. The Morgan fingerprint density at radius 1 is 1.18 bits per heavy atom. The summed E-state index contributed by atoms with van der Waals surface area (Å²) in [7, 11) is 0. The highest BCUT2D eigenvalue weighted by Crippen LogP contribution is 2.62. The summed E-state index contributed by atoms with van der Waals surface area (Å²) in [6.07, 6.45) is 4.85. The van der Waals surface area contributed by atoms with E-state index in [1.807, 2.05) is 0 Å². The molecule has 0 aromatic heterocycles. The maximum absolute atomic E-state index is 6.07. The fourth-order valence-corrected chi connectivity index (χ4v) is 2.84. The summed E-state index contributed by atoms with van der Waals surface area (Å²) in [5.74, 6) is 1.15. The molecule has 66 valence electrons. The lowest BCUT2D eigenvalue weighted by Gasteiger charge is -1.95. The smallest absolute Gasteiger partial charge is 0.101 e. The number of unbranched alkanes of at least 4 members (excludes halogenated alkanes) is 1. The molecule has 0 heterocycles. The predicted octanol–water partition coefficient (Wildman–Crippen LogP) is 4.01. The van der Waals surface area contributed by atoms with Gasteiger partial charge in [-0.15, -0.1) is 23.2 Å². The predicted molar refractivity (Wildman–Crippen MR) is 51.2 cm³/mol. The van der Waals surface area contributed by atoms with E-state index >= 15 is 0 Å². The summed E-state index contributed by atoms with van der Waals surface area (Å²) >= 11 is 12.1. The lowest BCUT2D eigenvalue weighted by Crippen LogP contribution is -1.90. The maximum Gasteiger partial charge on any atom is 0.124 e. The molecule has 1 rings (SSSR count). The van der Waals surface area contributed by atoms with E-state index in [2.05, 4.69) is 13.8 Å². The Labute approximate surface area is 79.3 Å². The van der Waals surface area contributed by atoms with Crippen LogP contribution in [-0.2, 0) is 0 Å². The SMILES string of the molecule is CCCCC1C(CC)C1(Cl)Cl. The van der Waals surface area contributed by atoms with Gasteiger partial charge in [-0.05, 0) is 18.3 Å². The summed E-state index contributed by atoms with van der Waals surface area (Å²) < 4.78 is -0.371. The Hall–Kier alpha value is 0.580. The van der Waals surface area contributed by atoms with Gasteiger partial charge >= 0.3 is 0 Å². The van der Waals surface area contributed by atoms with Crippen LogP contribution in [0.15, 0.2) is 0 Å². The highest BCUT2D eigenvalue weighted by atomic mass is 35.5. The van der Waals surface area contributed by atoms with E-state index in [9.17, 15) is 0 Å². The molecule has 0 nitrogen and oxygen atoms in total. The molecule has 1 aliphatic carbocycles. The Morgan fingerprint density at radius 3 is 2.18 bits per heavy atom. The van der Waals surface area contributed by atoms with Crippen molar-refractivity contribution in [2.45, 2.75) is 43.9 Å². The third kappa shape index (κ3) is 1.84. The molecule has 1 fully saturated rings. The van der Waals surface area contributed by atoms with Crippen LogP contribution in [0.25, 0.3) is 0 Å². The van der Waals surface area contributed by atoms with Gasteiger partial charge in [-0.1, -0.05) is 33.1 Å². The molecule has 1 saturated carbocycles. The highest BCUT2D eigenvalue weighted by molar-refractivity contribution is 6.51. The first-order valence-electron chi connectivity index (χ1n) is 4.52. The number of hydrogen-bond donors (Lipinski definition) is 0. The molecule has 0 amide bonds. The largest absolute Gasteiger partial charge is 0.124 e. The van der Waals surface area contributed by atoms with Gasteiger partial charge in [0, 0.05) is 0 Å². The van der Waals surface area contributed by atoms with Crippen molar-refractivity contribution in [3.63, 3.8) is 0 Å². The first-order valence-corrected chi connectivity index (χ1v) is 5.28. The van der Waals surface area contributed by atoms with Crippen molar-refractivity contribution < 1.29 is 0 Å². The van der Waals surface area contributed by atoms with Gasteiger partial charge in [0.05, 0.1) is 0 Å². The molecule has 2 atom stereocenters. The van der Waals surface area contributed by atoms with Gasteiger partial charge in [0.25, 0.3) is 0 Å². The number of halogens is 2. The maximum atomic E-state index is 6.07. The fraction of sp³-hybridized carbons (Fsp3) is 1.00. The summed E-state index contributed by atoms with van der Waals surface area (Å²) in [5, 5.41) is 0. The lowest BCUT2D eigenvalue weighted by molar-refractivity contribution is 0.593. The van der Waals surface area contributed by atoms with Crippen molar-refractivity contribution in [1.29, 1.82) is 0 Å². The van der Waals surface area contributed by atoms with Crippen LogP contribution < -0.4 is 0 Å². The van der Waals surface area contributed by atoms with Crippen LogP contribution in [-0.4, -0.2) is 4.33 Å². The van der Waals surface area contributed by atoms with E-state index in [-0.39, 0.29) is 4.33 Å². The van der Waals surface area contributed by atoms with Crippen molar-refractivity contribution in [3.05, 3.63) is 0 Å². The molecule has 11 heavy (non-hydrogen) atoms. The number of hydrogen-bond acceptors (Lipinski definition) is 0. The molecule has 0 saturated heterocycles. The van der Waals surface area contributed by atoms with Gasteiger partial charge in [0.15, 0.2) is 0 Å². The average molecular weight is 195 g/mol. The minimum atomic E-state index is -0.371. The van der Waals surface area contributed by atoms with Crippen molar-refractivity contribution >= 4 is 23.2 Å². The molecule has 2 heteroatoms. The Bertz CT molecular complexity index is 132. The second-order valence-electron chi connectivity index (χ2n) is 3.44. The highest BCUT2D eigenvalue weighted by Gasteiger charge is 2.60. The second-order valence-corrected chi connectivity index (χ2v) is 4.88. The van der Waals surface area contributed by atoms with Gasteiger partial charge in [-0.25, -0.2) is 0 Å². The van der Waals surface area contributed by atoms with E-state index in [1.54, 1.807) is 0 Å². The van der Waals surface area contributed by atoms with E-state index in [4.69, 9.17) is 23.2 Å². The zero-order valence-electron chi connectivity index (χ0n) is 7.24. The Kier molecular flexibility index (Phi) is 3.10. The molecule has 0 bridgehead atoms. The molecular formula is C9H16Cl2. The summed E-state index contributed by atoms with van der Waals surface area (Å²) in [4.78, 5) is 0. The third-order valence-corrected chi connectivity index (χ3v) is 3.79. The van der Waals surface area contributed by atoms with Crippen LogP contribution in [0.3, 0.4) is 0 Å². The molecule has 0 radical (unpaired) electrons. The zero-order valence-corrected chi connectivity index (χ0v) is 8.75. The molecule has 0 aromatic carbocycles. The molecule has 0 aliphatic heterocycles. The molecule has 0 spiro atoms. The van der Waals surface area contributed by atoms with Crippen LogP contribution in [0.1, 0.15) is 39.5 Å². The quantitative estimate of drug-likeness (QED) is 0.594. The topological polar surface area (TPSA) is 0 Å².